The van der Waals surface area contributed by atoms with E-state index in [1.165, 1.54) is 12.8 Å². The van der Waals surface area contributed by atoms with Gasteiger partial charge in [0.1, 0.15) is 12.2 Å². The van der Waals surface area contributed by atoms with Gasteiger partial charge in [-0.05, 0) is 18.8 Å². The van der Waals surface area contributed by atoms with Crippen molar-refractivity contribution in [2.75, 3.05) is 6.54 Å². The lowest BCUT2D eigenvalue weighted by Crippen LogP contribution is -2.41. The van der Waals surface area contributed by atoms with E-state index in [1.807, 2.05) is 6.33 Å². The van der Waals surface area contributed by atoms with Crippen LogP contribution in [0.3, 0.4) is 0 Å². The Kier molecular flexibility index (Phi) is 3.59. The summed E-state index contributed by atoms with van der Waals surface area (Å²) in [6.45, 7) is 10.0. The predicted molar refractivity (Wildman–Crippen MR) is 64.0 cm³/mol. The zero-order chi connectivity index (χ0) is 11.5. The predicted octanol–water partition coefficient (Wildman–Crippen LogP) is 1.92. The van der Waals surface area contributed by atoms with Crippen molar-refractivity contribution >= 4 is 0 Å². The summed E-state index contributed by atoms with van der Waals surface area (Å²) in [7, 11) is 0. The van der Waals surface area contributed by atoms with Crippen LogP contribution in [0.1, 0.15) is 39.4 Å². The third-order valence-electron chi connectivity index (χ3n) is 3.40. The summed E-state index contributed by atoms with van der Waals surface area (Å²) in [6.07, 6.45) is 4.35. The van der Waals surface area contributed by atoms with Crippen LogP contribution in [0.5, 0.6) is 0 Å². The Morgan fingerprint density at radius 3 is 2.88 bits per heavy atom. The van der Waals surface area contributed by atoms with Crippen molar-refractivity contribution < 1.29 is 0 Å². The number of nitrogens with zero attached hydrogens (tertiary/aromatic N) is 4. The molecule has 0 saturated carbocycles. The minimum atomic E-state index is 0.699. The van der Waals surface area contributed by atoms with Crippen LogP contribution in [0.4, 0.5) is 0 Å². The van der Waals surface area contributed by atoms with Crippen molar-refractivity contribution in [3.8, 4) is 0 Å². The molecule has 0 aliphatic carbocycles. The summed E-state index contributed by atoms with van der Waals surface area (Å²) in [6, 6.07) is 0.699. The van der Waals surface area contributed by atoms with Gasteiger partial charge < -0.3 is 4.57 Å². The van der Waals surface area contributed by atoms with Crippen molar-refractivity contribution in [1.29, 1.82) is 0 Å². The standard InChI is InChI=1S/C12H22N4/c1-4-11(7-10(2)3)15-5-6-16-9-13-14-12(16)8-15/h9-11H,4-8H2,1-3H3. The molecule has 0 N–H and O–H groups in total. The average Bonchev–Trinajstić information content (AvgIpc) is 2.72. The molecule has 0 amide bonds. The van der Waals surface area contributed by atoms with Gasteiger partial charge in [-0.15, -0.1) is 10.2 Å². The minimum absolute atomic E-state index is 0.699. The van der Waals surface area contributed by atoms with E-state index < -0.39 is 0 Å². The fourth-order valence-electron chi connectivity index (χ4n) is 2.51. The smallest absolute Gasteiger partial charge is 0.147 e. The summed E-state index contributed by atoms with van der Waals surface area (Å²) in [5.74, 6) is 1.89. The van der Waals surface area contributed by atoms with E-state index >= 15 is 0 Å². The first-order chi connectivity index (χ1) is 7.70. The lowest BCUT2D eigenvalue weighted by Gasteiger charge is -2.34. The molecule has 4 nitrogen and oxygen atoms in total. The number of hydrogen-bond donors (Lipinski definition) is 0. The third-order valence-corrected chi connectivity index (χ3v) is 3.40. The van der Waals surface area contributed by atoms with Gasteiger partial charge in [-0.3, -0.25) is 4.90 Å². The second-order valence-corrected chi connectivity index (χ2v) is 5.10. The topological polar surface area (TPSA) is 34.0 Å². The Bertz CT molecular complexity index is 332. The molecule has 0 radical (unpaired) electrons. The van der Waals surface area contributed by atoms with Crippen molar-refractivity contribution in [2.45, 2.75) is 52.7 Å². The van der Waals surface area contributed by atoms with E-state index in [1.54, 1.807) is 0 Å². The van der Waals surface area contributed by atoms with Crippen LogP contribution in [0.25, 0.3) is 0 Å². The number of hydrogen-bond acceptors (Lipinski definition) is 3. The van der Waals surface area contributed by atoms with Crippen LogP contribution >= 0.6 is 0 Å². The summed E-state index contributed by atoms with van der Waals surface area (Å²) < 4.78 is 2.17. The maximum absolute atomic E-state index is 4.17. The van der Waals surface area contributed by atoms with Gasteiger partial charge in [0.15, 0.2) is 0 Å². The Hall–Kier alpha value is -0.900. The van der Waals surface area contributed by atoms with Gasteiger partial charge in [0.2, 0.25) is 0 Å². The molecule has 0 aromatic carbocycles. The molecule has 2 heterocycles. The number of rotatable bonds is 4. The average molecular weight is 222 g/mol. The van der Waals surface area contributed by atoms with E-state index in [-0.39, 0.29) is 0 Å². The zero-order valence-corrected chi connectivity index (χ0v) is 10.6. The lowest BCUT2D eigenvalue weighted by atomic mass is 10.00. The molecule has 16 heavy (non-hydrogen) atoms. The molecule has 0 spiro atoms. The number of fused-ring (bicyclic) bond motifs is 1. The van der Waals surface area contributed by atoms with Crippen LogP contribution in [-0.4, -0.2) is 32.3 Å². The molecule has 1 aromatic rings. The highest BCUT2D eigenvalue weighted by Crippen LogP contribution is 2.19. The second kappa shape index (κ2) is 4.95. The lowest BCUT2D eigenvalue weighted by molar-refractivity contribution is 0.130. The summed E-state index contributed by atoms with van der Waals surface area (Å²) in [4.78, 5) is 2.56. The molecule has 90 valence electrons. The van der Waals surface area contributed by atoms with Gasteiger partial charge in [-0.25, -0.2) is 0 Å². The monoisotopic (exact) mass is 222 g/mol. The highest BCUT2D eigenvalue weighted by atomic mass is 15.3. The summed E-state index contributed by atoms with van der Waals surface area (Å²) >= 11 is 0. The molecule has 1 unspecified atom stereocenters. The molecule has 1 atom stereocenters. The quantitative estimate of drug-likeness (QED) is 0.780. The van der Waals surface area contributed by atoms with Gasteiger partial charge in [-0.2, -0.15) is 0 Å². The number of aromatic nitrogens is 3. The maximum atomic E-state index is 4.17. The van der Waals surface area contributed by atoms with Crippen molar-refractivity contribution in [3.05, 3.63) is 12.2 Å². The Labute approximate surface area is 97.7 Å². The Balaban J connectivity index is 2.01. The summed E-state index contributed by atoms with van der Waals surface area (Å²) in [5.41, 5.74) is 0. The van der Waals surface area contributed by atoms with E-state index in [9.17, 15) is 0 Å². The van der Waals surface area contributed by atoms with Gasteiger partial charge in [0.25, 0.3) is 0 Å². The highest BCUT2D eigenvalue weighted by molar-refractivity contribution is 4.91. The first-order valence-electron chi connectivity index (χ1n) is 6.31. The van der Waals surface area contributed by atoms with Crippen LogP contribution < -0.4 is 0 Å². The first-order valence-corrected chi connectivity index (χ1v) is 6.31. The second-order valence-electron chi connectivity index (χ2n) is 5.10. The first kappa shape index (κ1) is 11.6. The molecule has 4 heteroatoms. The summed E-state index contributed by atoms with van der Waals surface area (Å²) in [5, 5.41) is 8.14. The van der Waals surface area contributed by atoms with E-state index in [0.717, 1.165) is 31.4 Å². The Morgan fingerprint density at radius 2 is 2.19 bits per heavy atom. The molecule has 1 aliphatic heterocycles. The zero-order valence-electron chi connectivity index (χ0n) is 10.6. The van der Waals surface area contributed by atoms with Crippen LogP contribution in [0, 0.1) is 5.92 Å². The molecule has 0 bridgehead atoms. The molecule has 1 aromatic heterocycles. The largest absolute Gasteiger partial charge is 0.315 e. The van der Waals surface area contributed by atoms with Gasteiger partial charge in [0, 0.05) is 19.1 Å². The normalized spacial score (nSPS) is 18.8. The van der Waals surface area contributed by atoms with E-state index in [2.05, 4.69) is 40.4 Å². The molecule has 0 fully saturated rings. The van der Waals surface area contributed by atoms with E-state index in [0.29, 0.717) is 6.04 Å². The molecular formula is C12H22N4. The van der Waals surface area contributed by atoms with Gasteiger partial charge in [-0.1, -0.05) is 20.8 Å². The molecule has 1 aliphatic rings. The van der Waals surface area contributed by atoms with E-state index in [4.69, 9.17) is 0 Å². The van der Waals surface area contributed by atoms with Crippen LogP contribution in [0.15, 0.2) is 6.33 Å². The van der Waals surface area contributed by atoms with Crippen molar-refractivity contribution in [3.63, 3.8) is 0 Å². The maximum Gasteiger partial charge on any atom is 0.147 e. The van der Waals surface area contributed by atoms with Gasteiger partial charge >= 0.3 is 0 Å². The van der Waals surface area contributed by atoms with Crippen molar-refractivity contribution in [2.24, 2.45) is 5.92 Å². The Morgan fingerprint density at radius 1 is 1.38 bits per heavy atom. The third kappa shape index (κ3) is 2.43. The fraction of sp³-hybridized carbons (Fsp3) is 0.833. The molecule has 2 rings (SSSR count). The molecular weight excluding hydrogens is 200 g/mol. The molecule has 0 saturated heterocycles. The highest BCUT2D eigenvalue weighted by Gasteiger charge is 2.23. The van der Waals surface area contributed by atoms with Crippen molar-refractivity contribution in [1.82, 2.24) is 19.7 Å². The SMILES string of the molecule is CCC(CC(C)C)N1CCn2cnnc2C1. The van der Waals surface area contributed by atoms with Gasteiger partial charge in [0.05, 0.1) is 6.54 Å². The van der Waals surface area contributed by atoms with Crippen LogP contribution in [0.2, 0.25) is 0 Å². The minimum Gasteiger partial charge on any atom is -0.315 e. The fourth-order valence-corrected chi connectivity index (χ4v) is 2.51. The van der Waals surface area contributed by atoms with Crippen LogP contribution in [-0.2, 0) is 13.1 Å².